The molecule has 0 bridgehead atoms. The zero-order valence-corrected chi connectivity index (χ0v) is 6.36. The van der Waals surface area contributed by atoms with Gasteiger partial charge in [0, 0.05) is 24.0 Å². The molecule has 0 amide bonds. The normalized spacial score (nSPS) is 10.1. The number of nitrogens with two attached hydrogens (primary N) is 1. The van der Waals surface area contributed by atoms with E-state index < -0.39 is 0 Å². The molecule has 0 saturated heterocycles. The molecule has 0 radical (unpaired) electrons. The summed E-state index contributed by atoms with van der Waals surface area (Å²) in [5.74, 6) is 5.93. The molecule has 0 fully saturated rings. The Kier molecular flexibility index (Phi) is 1.60. The zero-order chi connectivity index (χ0) is 8.39. The van der Waals surface area contributed by atoms with Crippen LogP contribution in [0.25, 0.3) is 10.8 Å². The number of hydrazine groups is 1. The van der Waals surface area contributed by atoms with E-state index in [4.69, 9.17) is 5.84 Å². The minimum atomic E-state index is 0.653. The quantitative estimate of drug-likeness (QED) is 0.481. The molecule has 0 aliphatic carbocycles. The van der Waals surface area contributed by atoms with Crippen molar-refractivity contribution in [2.75, 3.05) is 5.43 Å². The number of hydrogen-bond donors (Lipinski definition) is 2. The molecule has 2 aromatic rings. The molecule has 0 aliphatic rings. The Balaban J connectivity index is 2.79. The molecule has 12 heavy (non-hydrogen) atoms. The van der Waals surface area contributed by atoms with Gasteiger partial charge in [-0.3, -0.25) is 4.98 Å². The number of nitrogens with one attached hydrogen (secondary N) is 1. The topological polar surface area (TPSA) is 63.8 Å². The van der Waals surface area contributed by atoms with Gasteiger partial charge in [-0.1, -0.05) is 0 Å². The van der Waals surface area contributed by atoms with E-state index in [1.165, 1.54) is 0 Å². The molecular weight excluding hydrogens is 152 g/mol. The highest BCUT2D eigenvalue weighted by molar-refractivity contribution is 5.90. The fourth-order valence-electron chi connectivity index (χ4n) is 1.13. The average molecular weight is 160 g/mol. The first-order valence-electron chi connectivity index (χ1n) is 3.57. The van der Waals surface area contributed by atoms with Crippen molar-refractivity contribution in [1.82, 2.24) is 9.97 Å². The van der Waals surface area contributed by atoms with Gasteiger partial charge in [-0.05, 0) is 17.5 Å². The van der Waals surface area contributed by atoms with Gasteiger partial charge in [-0.2, -0.15) is 0 Å². The second-order valence-electron chi connectivity index (χ2n) is 2.40. The van der Waals surface area contributed by atoms with E-state index in [2.05, 4.69) is 15.4 Å². The minimum Gasteiger partial charge on any atom is -0.308 e. The molecular formula is C8H8N4. The van der Waals surface area contributed by atoms with Crippen LogP contribution in [-0.4, -0.2) is 9.97 Å². The number of nitrogen functional groups attached to an aromatic ring is 1. The Labute approximate surface area is 69.4 Å². The summed E-state index contributed by atoms with van der Waals surface area (Å²) in [4.78, 5) is 8.04. The lowest BCUT2D eigenvalue weighted by Gasteiger charge is -2.01. The molecule has 4 heteroatoms. The first kappa shape index (κ1) is 7.00. The van der Waals surface area contributed by atoms with Crippen LogP contribution in [-0.2, 0) is 0 Å². The maximum Gasteiger partial charge on any atom is 0.149 e. The highest BCUT2D eigenvalue weighted by Gasteiger charge is 1.98. The van der Waals surface area contributed by atoms with Gasteiger partial charge in [-0.25, -0.2) is 10.8 Å². The van der Waals surface area contributed by atoms with Gasteiger partial charge < -0.3 is 5.43 Å². The van der Waals surface area contributed by atoms with Gasteiger partial charge >= 0.3 is 0 Å². The molecule has 3 N–H and O–H groups in total. The van der Waals surface area contributed by atoms with E-state index in [0.29, 0.717) is 5.82 Å². The number of hydrogen-bond acceptors (Lipinski definition) is 4. The summed E-state index contributed by atoms with van der Waals surface area (Å²) in [6, 6.07) is 3.83. The first-order chi connectivity index (χ1) is 5.92. The summed E-state index contributed by atoms with van der Waals surface area (Å²) >= 11 is 0. The van der Waals surface area contributed by atoms with Crippen LogP contribution in [0.4, 0.5) is 5.82 Å². The summed E-state index contributed by atoms with van der Waals surface area (Å²) in [6.07, 6.45) is 5.18. The van der Waals surface area contributed by atoms with Crippen LogP contribution in [0.3, 0.4) is 0 Å². The molecule has 0 spiro atoms. The molecule has 2 rings (SSSR count). The molecule has 0 atom stereocenters. The molecule has 0 aromatic carbocycles. The summed E-state index contributed by atoms with van der Waals surface area (Å²) in [6.45, 7) is 0. The van der Waals surface area contributed by atoms with Crippen LogP contribution in [0, 0.1) is 0 Å². The molecule has 0 saturated carbocycles. The monoisotopic (exact) mass is 160 g/mol. The molecule has 60 valence electrons. The van der Waals surface area contributed by atoms with Crippen LogP contribution in [0.1, 0.15) is 0 Å². The van der Waals surface area contributed by atoms with E-state index in [1.54, 1.807) is 18.6 Å². The predicted octanol–water partition coefficient (Wildman–Crippen LogP) is 0.915. The van der Waals surface area contributed by atoms with E-state index >= 15 is 0 Å². The Morgan fingerprint density at radius 2 is 2.08 bits per heavy atom. The third-order valence-corrected chi connectivity index (χ3v) is 1.70. The maximum atomic E-state index is 5.28. The molecule has 0 aliphatic heterocycles. The molecule has 2 heterocycles. The van der Waals surface area contributed by atoms with Gasteiger partial charge in [0.1, 0.15) is 5.82 Å². The van der Waals surface area contributed by atoms with Gasteiger partial charge in [0.15, 0.2) is 0 Å². The van der Waals surface area contributed by atoms with Crippen LogP contribution in [0.15, 0.2) is 30.7 Å². The third-order valence-electron chi connectivity index (χ3n) is 1.70. The lowest BCUT2D eigenvalue weighted by Crippen LogP contribution is -2.08. The fourth-order valence-corrected chi connectivity index (χ4v) is 1.13. The maximum absolute atomic E-state index is 5.28. The van der Waals surface area contributed by atoms with Crippen molar-refractivity contribution < 1.29 is 0 Å². The Morgan fingerprint density at radius 1 is 1.25 bits per heavy atom. The lowest BCUT2D eigenvalue weighted by atomic mass is 10.2. The Bertz CT molecular complexity index is 394. The van der Waals surface area contributed by atoms with Crippen LogP contribution < -0.4 is 11.3 Å². The second-order valence-corrected chi connectivity index (χ2v) is 2.40. The van der Waals surface area contributed by atoms with Crippen LogP contribution >= 0.6 is 0 Å². The summed E-state index contributed by atoms with van der Waals surface area (Å²) in [5.41, 5.74) is 2.52. The van der Waals surface area contributed by atoms with Crippen molar-refractivity contribution in [2.45, 2.75) is 0 Å². The van der Waals surface area contributed by atoms with E-state index in [-0.39, 0.29) is 0 Å². The highest BCUT2D eigenvalue weighted by atomic mass is 15.2. The molecule has 0 unspecified atom stereocenters. The summed E-state index contributed by atoms with van der Waals surface area (Å²) in [5, 5.41) is 2.01. The highest BCUT2D eigenvalue weighted by Crippen LogP contribution is 2.17. The number of anilines is 1. The minimum absolute atomic E-state index is 0.653. The summed E-state index contributed by atoms with van der Waals surface area (Å²) in [7, 11) is 0. The largest absolute Gasteiger partial charge is 0.308 e. The van der Waals surface area contributed by atoms with Gasteiger partial charge in [0.05, 0.1) is 0 Å². The van der Waals surface area contributed by atoms with Crippen LogP contribution in [0.5, 0.6) is 0 Å². The number of aromatic nitrogens is 2. The SMILES string of the molecule is NNc1nccc2ccncc12. The Hall–Kier alpha value is -1.68. The van der Waals surface area contributed by atoms with Crippen molar-refractivity contribution in [1.29, 1.82) is 0 Å². The van der Waals surface area contributed by atoms with E-state index in [0.717, 1.165) is 10.8 Å². The van der Waals surface area contributed by atoms with Crippen molar-refractivity contribution in [3.63, 3.8) is 0 Å². The second kappa shape index (κ2) is 2.75. The lowest BCUT2D eigenvalue weighted by molar-refractivity contribution is 1.24. The third kappa shape index (κ3) is 0.981. The van der Waals surface area contributed by atoms with E-state index in [1.807, 2.05) is 12.1 Å². The number of fused-ring (bicyclic) bond motifs is 1. The number of nitrogens with zero attached hydrogens (tertiary/aromatic N) is 2. The number of rotatable bonds is 1. The molecule has 4 nitrogen and oxygen atoms in total. The van der Waals surface area contributed by atoms with Crippen molar-refractivity contribution in [2.24, 2.45) is 5.84 Å². The van der Waals surface area contributed by atoms with Gasteiger partial charge in [0.2, 0.25) is 0 Å². The Morgan fingerprint density at radius 3 is 2.92 bits per heavy atom. The standard InChI is InChI=1S/C8H8N4/c9-12-8-7-5-10-3-1-6(7)2-4-11-8/h1-5H,9H2,(H,11,12). The van der Waals surface area contributed by atoms with Gasteiger partial charge in [0.25, 0.3) is 0 Å². The van der Waals surface area contributed by atoms with Crippen molar-refractivity contribution in [3.05, 3.63) is 30.7 Å². The smallest absolute Gasteiger partial charge is 0.149 e. The van der Waals surface area contributed by atoms with Crippen molar-refractivity contribution in [3.8, 4) is 0 Å². The fraction of sp³-hybridized carbons (Fsp3) is 0. The van der Waals surface area contributed by atoms with E-state index in [9.17, 15) is 0 Å². The molecule has 2 aromatic heterocycles. The first-order valence-corrected chi connectivity index (χ1v) is 3.57. The predicted molar refractivity (Wildman–Crippen MR) is 47.3 cm³/mol. The van der Waals surface area contributed by atoms with Crippen molar-refractivity contribution >= 4 is 16.6 Å². The van der Waals surface area contributed by atoms with Gasteiger partial charge in [-0.15, -0.1) is 0 Å². The summed E-state index contributed by atoms with van der Waals surface area (Å²) < 4.78 is 0. The zero-order valence-electron chi connectivity index (χ0n) is 6.36. The average Bonchev–Trinajstić information content (AvgIpc) is 2.17. The van der Waals surface area contributed by atoms with Crippen LogP contribution in [0.2, 0.25) is 0 Å². The number of pyridine rings is 2.